The number of benzene rings is 1. The van der Waals surface area contributed by atoms with E-state index < -0.39 is 0 Å². The summed E-state index contributed by atoms with van der Waals surface area (Å²) >= 11 is 0. The van der Waals surface area contributed by atoms with Crippen LogP contribution in [0.5, 0.6) is 5.75 Å². The minimum Gasteiger partial charge on any atom is -0.508 e. The van der Waals surface area contributed by atoms with Gasteiger partial charge < -0.3 is 10.4 Å². The van der Waals surface area contributed by atoms with Crippen LogP contribution in [-0.2, 0) is 4.79 Å². The molecule has 1 aromatic carbocycles. The minimum absolute atomic E-state index is 0.121. The molecule has 3 nitrogen and oxygen atoms in total. The number of fused-ring (bicyclic) bond motifs is 2. The predicted octanol–water partition coefficient (Wildman–Crippen LogP) is 3.77. The number of rotatable bonds is 3. The largest absolute Gasteiger partial charge is 0.508 e. The SMILES string of the molecule is Cc1cc(NC(=O)CC2CC3CCC2C3)c(C)cc1O. The molecule has 2 saturated carbocycles. The number of carbonyl (C=O) groups excluding carboxylic acids is 1. The predicted molar refractivity (Wildman–Crippen MR) is 79.8 cm³/mol. The van der Waals surface area contributed by atoms with Gasteiger partial charge in [0.25, 0.3) is 0 Å². The van der Waals surface area contributed by atoms with Crippen LogP contribution in [0.1, 0.15) is 43.2 Å². The topological polar surface area (TPSA) is 49.3 Å². The summed E-state index contributed by atoms with van der Waals surface area (Å²) < 4.78 is 0. The van der Waals surface area contributed by atoms with Crippen molar-refractivity contribution in [3.63, 3.8) is 0 Å². The van der Waals surface area contributed by atoms with E-state index in [1.165, 1.54) is 25.7 Å². The van der Waals surface area contributed by atoms with Crippen molar-refractivity contribution in [2.24, 2.45) is 17.8 Å². The summed E-state index contributed by atoms with van der Waals surface area (Å²) in [4.78, 5) is 12.2. The molecule has 2 aliphatic carbocycles. The van der Waals surface area contributed by atoms with Gasteiger partial charge in [0.2, 0.25) is 5.91 Å². The average Bonchev–Trinajstić information content (AvgIpc) is 2.98. The maximum atomic E-state index is 12.2. The summed E-state index contributed by atoms with van der Waals surface area (Å²) in [7, 11) is 0. The highest BCUT2D eigenvalue weighted by atomic mass is 16.3. The molecule has 3 rings (SSSR count). The first kappa shape index (κ1) is 13.5. The zero-order valence-electron chi connectivity index (χ0n) is 12.3. The van der Waals surface area contributed by atoms with Crippen molar-refractivity contribution in [1.29, 1.82) is 0 Å². The lowest BCUT2D eigenvalue weighted by atomic mass is 9.86. The van der Waals surface area contributed by atoms with Crippen molar-refractivity contribution in [2.45, 2.75) is 46.0 Å². The number of nitrogens with one attached hydrogen (secondary N) is 1. The second-order valence-corrected chi connectivity index (χ2v) is 6.64. The van der Waals surface area contributed by atoms with Crippen LogP contribution in [0.3, 0.4) is 0 Å². The number of anilines is 1. The Morgan fingerprint density at radius 3 is 2.70 bits per heavy atom. The fourth-order valence-electron chi connectivity index (χ4n) is 4.00. The number of phenolic OH excluding ortho intramolecular Hbond substituents is 1. The standard InChI is InChI=1S/C17H23NO2/c1-10-6-16(19)11(2)5-15(10)18-17(20)9-14-8-12-3-4-13(14)7-12/h5-6,12-14,19H,3-4,7-9H2,1-2H3,(H,18,20). The van der Waals surface area contributed by atoms with Gasteiger partial charge in [-0.1, -0.05) is 6.42 Å². The van der Waals surface area contributed by atoms with E-state index in [2.05, 4.69) is 5.32 Å². The number of carbonyl (C=O) groups is 1. The van der Waals surface area contributed by atoms with Crippen LogP contribution in [0.15, 0.2) is 12.1 Å². The molecular weight excluding hydrogens is 250 g/mol. The number of hydrogen-bond donors (Lipinski definition) is 2. The third-order valence-electron chi connectivity index (χ3n) is 5.15. The molecule has 0 heterocycles. The normalized spacial score (nSPS) is 27.8. The lowest BCUT2D eigenvalue weighted by Gasteiger charge is -2.21. The van der Waals surface area contributed by atoms with Crippen LogP contribution in [0, 0.1) is 31.6 Å². The Morgan fingerprint density at radius 1 is 1.25 bits per heavy atom. The van der Waals surface area contributed by atoms with Gasteiger partial charge in [-0.2, -0.15) is 0 Å². The zero-order valence-corrected chi connectivity index (χ0v) is 12.3. The maximum absolute atomic E-state index is 12.2. The van der Waals surface area contributed by atoms with Crippen molar-refractivity contribution in [2.75, 3.05) is 5.32 Å². The summed E-state index contributed by atoms with van der Waals surface area (Å²) in [6.07, 6.45) is 5.93. The van der Waals surface area contributed by atoms with E-state index in [1.807, 2.05) is 19.9 Å². The average molecular weight is 273 g/mol. The third kappa shape index (κ3) is 2.54. The van der Waals surface area contributed by atoms with Gasteiger partial charge in [0.1, 0.15) is 5.75 Å². The number of amides is 1. The quantitative estimate of drug-likeness (QED) is 0.823. The Kier molecular flexibility index (Phi) is 3.45. The van der Waals surface area contributed by atoms with Crippen LogP contribution in [0.25, 0.3) is 0 Å². The molecule has 108 valence electrons. The van der Waals surface area contributed by atoms with Crippen LogP contribution in [0.4, 0.5) is 5.69 Å². The van der Waals surface area contributed by atoms with E-state index in [1.54, 1.807) is 6.07 Å². The van der Waals surface area contributed by atoms with E-state index in [-0.39, 0.29) is 11.7 Å². The lowest BCUT2D eigenvalue weighted by Crippen LogP contribution is -2.20. The smallest absolute Gasteiger partial charge is 0.224 e. The first-order chi connectivity index (χ1) is 9.52. The van der Waals surface area contributed by atoms with Crippen molar-refractivity contribution in [3.05, 3.63) is 23.3 Å². The van der Waals surface area contributed by atoms with Crippen molar-refractivity contribution >= 4 is 11.6 Å². The van der Waals surface area contributed by atoms with Gasteiger partial charge in [-0.3, -0.25) is 4.79 Å². The van der Waals surface area contributed by atoms with Crippen molar-refractivity contribution in [1.82, 2.24) is 0 Å². The molecule has 20 heavy (non-hydrogen) atoms. The highest BCUT2D eigenvalue weighted by Crippen LogP contribution is 2.49. The number of phenols is 1. The molecule has 1 aromatic rings. The highest BCUT2D eigenvalue weighted by molar-refractivity contribution is 5.92. The second kappa shape index (κ2) is 5.12. The van der Waals surface area contributed by atoms with Gasteiger partial charge >= 0.3 is 0 Å². The molecule has 3 heteroatoms. The van der Waals surface area contributed by atoms with Crippen LogP contribution < -0.4 is 5.32 Å². The Labute approximate surface area is 120 Å². The van der Waals surface area contributed by atoms with Crippen molar-refractivity contribution in [3.8, 4) is 5.75 Å². The fraction of sp³-hybridized carbons (Fsp3) is 0.588. The molecule has 2 bridgehead atoms. The molecule has 3 unspecified atom stereocenters. The molecular formula is C17H23NO2. The number of aryl methyl sites for hydroxylation is 2. The monoisotopic (exact) mass is 273 g/mol. The number of aromatic hydroxyl groups is 1. The zero-order chi connectivity index (χ0) is 14.3. The van der Waals surface area contributed by atoms with Gasteiger partial charge in [0.05, 0.1) is 0 Å². The maximum Gasteiger partial charge on any atom is 0.224 e. The molecule has 0 radical (unpaired) electrons. The van der Waals surface area contributed by atoms with E-state index >= 15 is 0 Å². The lowest BCUT2D eigenvalue weighted by molar-refractivity contribution is -0.117. The Balaban J connectivity index is 1.63. The van der Waals surface area contributed by atoms with Crippen LogP contribution in [-0.4, -0.2) is 11.0 Å². The summed E-state index contributed by atoms with van der Waals surface area (Å²) in [5, 5.41) is 12.7. The van der Waals surface area contributed by atoms with Crippen molar-refractivity contribution < 1.29 is 9.90 Å². The third-order valence-corrected chi connectivity index (χ3v) is 5.15. The molecule has 0 spiro atoms. The fourth-order valence-corrected chi connectivity index (χ4v) is 4.00. The summed E-state index contributed by atoms with van der Waals surface area (Å²) in [5.41, 5.74) is 2.54. The molecule has 0 aliphatic heterocycles. The Bertz CT molecular complexity index is 538. The summed E-state index contributed by atoms with van der Waals surface area (Å²) in [5.74, 6) is 2.67. The molecule has 2 fully saturated rings. The van der Waals surface area contributed by atoms with E-state index in [0.29, 0.717) is 12.3 Å². The van der Waals surface area contributed by atoms with Gasteiger partial charge in [-0.05, 0) is 74.1 Å². The first-order valence-corrected chi connectivity index (χ1v) is 7.63. The van der Waals surface area contributed by atoms with Crippen LogP contribution in [0.2, 0.25) is 0 Å². The molecule has 2 N–H and O–H groups in total. The highest BCUT2D eigenvalue weighted by Gasteiger charge is 2.40. The minimum atomic E-state index is 0.121. The van der Waals surface area contributed by atoms with E-state index in [9.17, 15) is 9.90 Å². The van der Waals surface area contributed by atoms with E-state index in [4.69, 9.17) is 0 Å². The molecule has 1 amide bonds. The van der Waals surface area contributed by atoms with Gasteiger partial charge in [0.15, 0.2) is 0 Å². The van der Waals surface area contributed by atoms with E-state index in [0.717, 1.165) is 28.7 Å². The molecule has 0 saturated heterocycles. The van der Waals surface area contributed by atoms with Gasteiger partial charge in [0, 0.05) is 12.1 Å². The van der Waals surface area contributed by atoms with Gasteiger partial charge in [-0.25, -0.2) is 0 Å². The second-order valence-electron chi connectivity index (χ2n) is 6.64. The van der Waals surface area contributed by atoms with Gasteiger partial charge in [-0.15, -0.1) is 0 Å². The Hall–Kier alpha value is -1.51. The Morgan fingerprint density at radius 2 is 2.05 bits per heavy atom. The van der Waals surface area contributed by atoms with Crippen LogP contribution >= 0.6 is 0 Å². The number of hydrogen-bond acceptors (Lipinski definition) is 2. The first-order valence-electron chi connectivity index (χ1n) is 7.63. The molecule has 0 aromatic heterocycles. The summed E-state index contributed by atoms with van der Waals surface area (Å²) in [6.45, 7) is 3.76. The molecule has 3 atom stereocenters. The summed E-state index contributed by atoms with van der Waals surface area (Å²) in [6, 6.07) is 3.56. The molecule has 2 aliphatic rings.